The van der Waals surface area contributed by atoms with Crippen LogP contribution in [-0.4, -0.2) is 37.0 Å². The maximum atomic E-state index is 9.01. The molecule has 0 aliphatic carbocycles. The van der Waals surface area contributed by atoms with Gasteiger partial charge < -0.3 is 0 Å². The molecule has 0 aromatic carbocycles. The van der Waals surface area contributed by atoms with Crippen molar-refractivity contribution < 1.29 is 0 Å². The van der Waals surface area contributed by atoms with Crippen molar-refractivity contribution >= 4 is 0 Å². The minimum absolute atomic E-state index is 0.394. The van der Waals surface area contributed by atoms with Crippen LogP contribution in [0, 0.1) is 25.2 Å². The van der Waals surface area contributed by atoms with E-state index in [9.17, 15) is 0 Å². The summed E-state index contributed by atoms with van der Waals surface area (Å²) >= 11 is 0. The highest BCUT2D eigenvalue weighted by Gasteiger charge is 2.21. The maximum Gasteiger partial charge on any atom is 0.162 e. The zero-order valence-electron chi connectivity index (χ0n) is 13.5. The number of rotatable bonds is 3. The number of hydrogen-bond donors (Lipinski definition) is 0. The summed E-state index contributed by atoms with van der Waals surface area (Å²) < 4.78 is 4.07. The van der Waals surface area contributed by atoms with Crippen molar-refractivity contribution in [1.82, 2.24) is 24.5 Å². The minimum atomic E-state index is 0.394. The normalized spacial score (nSPS) is 16.8. The summed E-state index contributed by atoms with van der Waals surface area (Å²) in [5, 5.41) is 17.9. The molecule has 1 atom stereocenters. The fourth-order valence-corrected chi connectivity index (χ4v) is 3.14. The Hall–Kier alpha value is -2.13. The quantitative estimate of drug-likeness (QED) is 0.867. The highest BCUT2D eigenvalue weighted by atomic mass is 15.3. The molecule has 3 heterocycles. The van der Waals surface area contributed by atoms with Gasteiger partial charge in [-0.05, 0) is 39.3 Å². The Bertz CT molecular complexity index is 705. The van der Waals surface area contributed by atoms with E-state index >= 15 is 0 Å². The number of fused-ring (bicyclic) bond motifs is 1. The zero-order chi connectivity index (χ0) is 15.7. The van der Waals surface area contributed by atoms with Crippen LogP contribution in [0.3, 0.4) is 0 Å². The van der Waals surface area contributed by atoms with Crippen LogP contribution < -0.4 is 0 Å². The SMILES string of the molecule is Cc1cc(C)n(C[C@@H](C)N2CCCn3nc(C#N)cc3C2)n1. The molecule has 6 nitrogen and oxygen atoms in total. The first-order valence-electron chi connectivity index (χ1n) is 7.78. The summed E-state index contributed by atoms with van der Waals surface area (Å²) in [5.41, 5.74) is 3.92. The van der Waals surface area contributed by atoms with Crippen LogP contribution >= 0.6 is 0 Å². The van der Waals surface area contributed by atoms with E-state index in [0.29, 0.717) is 11.7 Å². The number of hydrogen-bond acceptors (Lipinski definition) is 4. The van der Waals surface area contributed by atoms with E-state index in [2.05, 4.69) is 45.8 Å². The molecule has 0 fully saturated rings. The van der Waals surface area contributed by atoms with Gasteiger partial charge >= 0.3 is 0 Å². The van der Waals surface area contributed by atoms with Crippen LogP contribution in [-0.2, 0) is 19.6 Å². The van der Waals surface area contributed by atoms with Gasteiger partial charge in [0.1, 0.15) is 6.07 Å². The Labute approximate surface area is 130 Å². The summed E-state index contributed by atoms with van der Waals surface area (Å²) in [6, 6.07) is 6.55. The van der Waals surface area contributed by atoms with Crippen molar-refractivity contribution in [3.05, 3.63) is 34.9 Å². The van der Waals surface area contributed by atoms with E-state index in [-0.39, 0.29) is 0 Å². The standard InChI is InChI=1S/C16H22N6/c1-12-7-13(2)22(18-12)10-14(3)20-5-4-6-21-16(11-20)8-15(9-17)19-21/h7-8,14H,4-6,10-11H2,1-3H3/t14-/m1/s1. The van der Waals surface area contributed by atoms with Gasteiger partial charge in [-0.3, -0.25) is 14.3 Å². The summed E-state index contributed by atoms with van der Waals surface area (Å²) in [6.07, 6.45) is 1.06. The molecule has 0 amide bonds. The number of nitriles is 1. The molecule has 1 aliphatic heterocycles. The second kappa shape index (κ2) is 5.93. The molecule has 2 aromatic rings. The smallest absolute Gasteiger partial charge is 0.162 e. The van der Waals surface area contributed by atoms with E-state index in [1.807, 2.05) is 17.7 Å². The lowest BCUT2D eigenvalue weighted by Crippen LogP contribution is -2.36. The van der Waals surface area contributed by atoms with Crippen LogP contribution in [0.25, 0.3) is 0 Å². The summed E-state index contributed by atoms with van der Waals surface area (Å²) in [7, 11) is 0. The molecule has 0 spiro atoms. The molecule has 0 saturated carbocycles. The van der Waals surface area contributed by atoms with Gasteiger partial charge in [-0.2, -0.15) is 15.5 Å². The molecular weight excluding hydrogens is 276 g/mol. The molecule has 22 heavy (non-hydrogen) atoms. The topological polar surface area (TPSA) is 62.7 Å². The van der Waals surface area contributed by atoms with Gasteiger partial charge in [0.25, 0.3) is 0 Å². The van der Waals surface area contributed by atoms with Crippen LogP contribution in [0.1, 0.15) is 36.1 Å². The largest absolute Gasteiger partial charge is 0.293 e. The van der Waals surface area contributed by atoms with E-state index in [4.69, 9.17) is 5.26 Å². The highest BCUT2D eigenvalue weighted by Crippen LogP contribution is 2.17. The van der Waals surface area contributed by atoms with Crippen molar-refractivity contribution in [3.8, 4) is 6.07 Å². The zero-order valence-corrected chi connectivity index (χ0v) is 13.5. The van der Waals surface area contributed by atoms with Crippen molar-refractivity contribution in [3.63, 3.8) is 0 Å². The van der Waals surface area contributed by atoms with Crippen molar-refractivity contribution in [2.45, 2.75) is 52.9 Å². The van der Waals surface area contributed by atoms with Gasteiger partial charge in [0.2, 0.25) is 0 Å². The maximum absolute atomic E-state index is 9.01. The second-order valence-electron chi connectivity index (χ2n) is 6.14. The Morgan fingerprint density at radius 1 is 1.27 bits per heavy atom. The highest BCUT2D eigenvalue weighted by molar-refractivity contribution is 5.22. The lowest BCUT2D eigenvalue weighted by Gasteiger charge is -2.27. The van der Waals surface area contributed by atoms with E-state index in [0.717, 1.165) is 44.0 Å². The average molecular weight is 298 g/mol. The van der Waals surface area contributed by atoms with E-state index in [1.165, 1.54) is 5.69 Å². The third-order valence-corrected chi connectivity index (χ3v) is 4.32. The summed E-state index contributed by atoms with van der Waals surface area (Å²) in [5.74, 6) is 0. The van der Waals surface area contributed by atoms with Crippen LogP contribution in [0.5, 0.6) is 0 Å². The average Bonchev–Trinajstić information content (AvgIpc) is 2.94. The number of aryl methyl sites for hydroxylation is 3. The first kappa shape index (κ1) is 14.8. The molecule has 6 heteroatoms. The van der Waals surface area contributed by atoms with Crippen molar-refractivity contribution in [2.75, 3.05) is 6.54 Å². The summed E-state index contributed by atoms with van der Waals surface area (Å²) in [6.45, 7) is 10.0. The predicted octanol–water partition coefficient (Wildman–Crippen LogP) is 1.86. The van der Waals surface area contributed by atoms with Gasteiger partial charge in [0.05, 0.1) is 17.9 Å². The van der Waals surface area contributed by atoms with E-state index in [1.54, 1.807) is 0 Å². The molecule has 0 unspecified atom stereocenters. The van der Waals surface area contributed by atoms with Crippen molar-refractivity contribution in [1.29, 1.82) is 5.26 Å². The summed E-state index contributed by atoms with van der Waals surface area (Å²) in [4.78, 5) is 2.46. The van der Waals surface area contributed by atoms with Gasteiger partial charge in [-0.1, -0.05) is 0 Å². The van der Waals surface area contributed by atoms with Crippen LogP contribution in [0.2, 0.25) is 0 Å². The predicted molar refractivity (Wildman–Crippen MR) is 83.1 cm³/mol. The Balaban J connectivity index is 1.74. The monoisotopic (exact) mass is 298 g/mol. The molecule has 116 valence electrons. The Morgan fingerprint density at radius 3 is 2.77 bits per heavy atom. The van der Waals surface area contributed by atoms with Gasteiger partial charge in [-0.15, -0.1) is 0 Å². The van der Waals surface area contributed by atoms with Gasteiger partial charge in [-0.25, -0.2) is 0 Å². The Morgan fingerprint density at radius 2 is 2.09 bits per heavy atom. The lowest BCUT2D eigenvalue weighted by molar-refractivity contribution is 0.180. The number of aromatic nitrogens is 4. The molecule has 2 aromatic heterocycles. The molecule has 0 bridgehead atoms. The minimum Gasteiger partial charge on any atom is -0.293 e. The second-order valence-corrected chi connectivity index (χ2v) is 6.14. The van der Waals surface area contributed by atoms with E-state index < -0.39 is 0 Å². The van der Waals surface area contributed by atoms with Crippen LogP contribution in [0.4, 0.5) is 0 Å². The molecule has 1 aliphatic rings. The third kappa shape index (κ3) is 2.90. The lowest BCUT2D eigenvalue weighted by atomic mass is 10.2. The molecule has 0 radical (unpaired) electrons. The number of nitrogens with zero attached hydrogens (tertiary/aromatic N) is 6. The first-order chi connectivity index (χ1) is 10.6. The fraction of sp³-hybridized carbons (Fsp3) is 0.562. The molecule has 3 rings (SSSR count). The Kier molecular flexibility index (Phi) is 3.99. The molecule has 0 N–H and O–H groups in total. The first-order valence-corrected chi connectivity index (χ1v) is 7.78. The van der Waals surface area contributed by atoms with Crippen molar-refractivity contribution in [2.24, 2.45) is 0 Å². The van der Waals surface area contributed by atoms with Gasteiger partial charge in [0.15, 0.2) is 5.69 Å². The van der Waals surface area contributed by atoms with Crippen LogP contribution in [0.15, 0.2) is 12.1 Å². The molecule has 0 saturated heterocycles. The molecular formula is C16H22N6. The fourth-order valence-electron chi connectivity index (χ4n) is 3.14. The third-order valence-electron chi connectivity index (χ3n) is 4.32. The van der Waals surface area contributed by atoms with Gasteiger partial charge in [0, 0.05) is 31.4 Å².